The van der Waals surface area contributed by atoms with E-state index in [0.717, 1.165) is 10.6 Å². The largest absolute Gasteiger partial charge is 0.452 e. The van der Waals surface area contributed by atoms with Crippen LogP contribution in [0.3, 0.4) is 0 Å². The van der Waals surface area contributed by atoms with Gasteiger partial charge in [0.15, 0.2) is 6.61 Å². The highest BCUT2D eigenvalue weighted by atomic mass is 35.5. The number of hydrogen-bond acceptors (Lipinski definition) is 6. The van der Waals surface area contributed by atoms with Crippen molar-refractivity contribution in [3.05, 3.63) is 88.4 Å². The summed E-state index contributed by atoms with van der Waals surface area (Å²) in [5.41, 5.74) is 2.23. The van der Waals surface area contributed by atoms with Crippen molar-refractivity contribution in [3.8, 4) is 0 Å². The highest BCUT2D eigenvalue weighted by molar-refractivity contribution is 6.35. The van der Waals surface area contributed by atoms with Crippen LogP contribution in [0.4, 0.5) is 17.1 Å². The van der Waals surface area contributed by atoms with E-state index in [2.05, 4.69) is 5.32 Å². The molecule has 0 bridgehead atoms. The lowest BCUT2D eigenvalue weighted by atomic mass is 10.1. The molecule has 1 heterocycles. The zero-order valence-electron chi connectivity index (χ0n) is 18.4. The van der Waals surface area contributed by atoms with E-state index in [1.165, 1.54) is 18.2 Å². The molecule has 1 N–H and O–H groups in total. The fraction of sp³-hybridized carbons (Fsp3) is 0.120. The van der Waals surface area contributed by atoms with Crippen LogP contribution in [-0.4, -0.2) is 44.4 Å². The van der Waals surface area contributed by atoms with Crippen molar-refractivity contribution in [2.24, 2.45) is 0 Å². The second-order valence-electron chi connectivity index (χ2n) is 7.75. The highest BCUT2D eigenvalue weighted by Crippen LogP contribution is 2.30. The molecule has 34 heavy (non-hydrogen) atoms. The van der Waals surface area contributed by atoms with Crippen LogP contribution in [0.2, 0.25) is 5.02 Å². The third kappa shape index (κ3) is 4.62. The van der Waals surface area contributed by atoms with E-state index in [9.17, 15) is 19.2 Å². The molecule has 0 spiro atoms. The quantitative estimate of drug-likeness (QED) is 0.426. The van der Waals surface area contributed by atoms with Crippen molar-refractivity contribution in [1.29, 1.82) is 0 Å². The monoisotopic (exact) mass is 477 g/mol. The summed E-state index contributed by atoms with van der Waals surface area (Å²) in [7, 11) is 3.81. The zero-order valence-corrected chi connectivity index (χ0v) is 19.1. The molecule has 4 rings (SSSR count). The van der Waals surface area contributed by atoms with Gasteiger partial charge in [-0.2, -0.15) is 0 Å². The summed E-state index contributed by atoms with van der Waals surface area (Å²) >= 11 is 5.88. The van der Waals surface area contributed by atoms with Crippen molar-refractivity contribution in [1.82, 2.24) is 0 Å². The lowest BCUT2D eigenvalue weighted by Gasteiger charge is -2.13. The number of esters is 1. The first-order valence-electron chi connectivity index (χ1n) is 10.3. The number of carbonyl (C=O) groups excluding carboxylic acids is 4. The van der Waals surface area contributed by atoms with E-state index in [4.69, 9.17) is 16.3 Å². The van der Waals surface area contributed by atoms with E-state index in [1.807, 2.05) is 31.1 Å². The number of halogens is 1. The van der Waals surface area contributed by atoms with Gasteiger partial charge in [0.2, 0.25) is 0 Å². The fourth-order valence-corrected chi connectivity index (χ4v) is 3.57. The minimum Gasteiger partial charge on any atom is -0.452 e. The number of nitrogens with one attached hydrogen (secondary N) is 1. The van der Waals surface area contributed by atoms with Crippen LogP contribution in [0.25, 0.3) is 0 Å². The molecule has 8 nitrogen and oxygen atoms in total. The fourth-order valence-electron chi connectivity index (χ4n) is 3.45. The van der Waals surface area contributed by atoms with Crippen LogP contribution in [0.5, 0.6) is 0 Å². The van der Waals surface area contributed by atoms with Gasteiger partial charge in [0.05, 0.1) is 22.4 Å². The average Bonchev–Trinajstić information content (AvgIpc) is 3.08. The number of rotatable bonds is 6. The summed E-state index contributed by atoms with van der Waals surface area (Å²) in [5.74, 6) is -2.35. The third-order valence-corrected chi connectivity index (χ3v) is 5.46. The van der Waals surface area contributed by atoms with Gasteiger partial charge in [-0.3, -0.25) is 14.4 Å². The SMILES string of the molecule is CN(C)c1ccc(NC(=O)COC(=O)c2ccc3c(c2)C(=O)N(c2ccc(Cl)cc2)C3=O)cc1. The Kier molecular flexibility index (Phi) is 6.34. The topological polar surface area (TPSA) is 96.0 Å². The Hall–Kier alpha value is -4.17. The minimum atomic E-state index is -0.786. The van der Waals surface area contributed by atoms with Crippen molar-refractivity contribution in [2.75, 3.05) is 35.8 Å². The Morgan fingerprint density at radius 1 is 0.912 bits per heavy atom. The van der Waals surface area contributed by atoms with Crippen LogP contribution >= 0.6 is 11.6 Å². The summed E-state index contributed by atoms with van der Waals surface area (Å²) in [6.07, 6.45) is 0. The molecular formula is C25H20ClN3O5. The summed E-state index contributed by atoms with van der Waals surface area (Å²) in [4.78, 5) is 53.1. The van der Waals surface area contributed by atoms with Gasteiger partial charge in [-0.05, 0) is 66.7 Å². The molecule has 0 radical (unpaired) electrons. The Bertz CT molecular complexity index is 1290. The maximum absolute atomic E-state index is 12.9. The molecule has 0 aromatic heterocycles. The summed E-state index contributed by atoms with van der Waals surface area (Å²) in [6.45, 7) is -0.505. The standard InChI is InChI=1S/C25H20ClN3O5/c1-28(2)18-10-6-17(7-11-18)27-22(30)14-34-25(33)15-3-12-20-21(13-15)24(32)29(23(20)31)19-8-4-16(26)5-9-19/h3-13H,14H2,1-2H3,(H,27,30). The first-order valence-corrected chi connectivity index (χ1v) is 10.6. The summed E-state index contributed by atoms with van der Waals surface area (Å²) in [5, 5.41) is 3.12. The molecule has 0 aliphatic carbocycles. The molecule has 0 saturated heterocycles. The van der Waals surface area contributed by atoms with Crippen LogP contribution in [0.15, 0.2) is 66.7 Å². The first kappa shape index (κ1) is 23.0. The first-order chi connectivity index (χ1) is 16.2. The van der Waals surface area contributed by atoms with E-state index in [-0.39, 0.29) is 16.7 Å². The van der Waals surface area contributed by atoms with Gasteiger partial charge in [-0.15, -0.1) is 0 Å². The van der Waals surface area contributed by atoms with Crippen LogP contribution in [-0.2, 0) is 9.53 Å². The van der Waals surface area contributed by atoms with Crippen LogP contribution in [0, 0.1) is 0 Å². The normalized spacial score (nSPS) is 12.4. The summed E-state index contributed by atoms with van der Waals surface area (Å²) < 4.78 is 5.09. The van der Waals surface area contributed by atoms with Crippen molar-refractivity contribution in [2.45, 2.75) is 0 Å². The van der Waals surface area contributed by atoms with Gasteiger partial charge in [0, 0.05) is 30.5 Å². The maximum atomic E-state index is 12.9. The number of fused-ring (bicyclic) bond motifs is 1. The van der Waals surface area contributed by atoms with Crippen LogP contribution < -0.4 is 15.1 Å². The van der Waals surface area contributed by atoms with Gasteiger partial charge in [0.1, 0.15) is 0 Å². The van der Waals surface area contributed by atoms with Gasteiger partial charge < -0.3 is 15.0 Å². The molecule has 3 aromatic rings. The smallest absolute Gasteiger partial charge is 0.338 e. The van der Waals surface area contributed by atoms with E-state index in [1.54, 1.807) is 36.4 Å². The Balaban J connectivity index is 1.41. The molecule has 3 amide bonds. The molecule has 0 atom stereocenters. The second-order valence-corrected chi connectivity index (χ2v) is 8.18. The molecule has 1 aliphatic heterocycles. The van der Waals surface area contributed by atoms with E-state index >= 15 is 0 Å². The predicted octanol–water partition coefficient (Wildman–Crippen LogP) is 4.00. The van der Waals surface area contributed by atoms with Crippen LogP contribution in [0.1, 0.15) is 31.1 Å². The van der Waals surface area contributed by atoms with Gasteiger partial charge >= 0.3 is 5.97 Å². The van der Waals surface area contributed by atoms with Gasteiger partial charge in [0.25, 0.3) is 17.7 Å². The lowest BCUT2D eigenvalue weighted by Crippen LogP contribution is -2.29. The molecule has 1 aliphatic rings. The second kappa shape index (κ2) is 9.36. The molecule has 3 aromatic carbocycles. The molecular weight excluding hydrogens is 458 g/mol. The van der Waals surface area contributed by atoms with Crippen molar-refractivity contribution < 1.29 is 23.9 Å². The number of ether oxygens (including phenoxy) is 1. The van der Waals surface area contributed by atoms with E-state index < -0.39 is 30.3 Å². The number of imide groups is 1. The third-order valence-electron chi connectivity index (χ3n) is 5.21. The van der Waals surface area contributed by atoms with E-state index in [0.29, 0.717) is 16.4 Å². The maximum Gasteiger partial charge on any atom is 0.338 e. The Morgan fingerprint density at radius 2 is 1.56 bits per heavy atom. The molecule has 0 fully saturated rings. The average molecular weight is 478 g/mol. The predicted molar refractivity (Wildman–Crippen MR) is 129 cm³/mol. The minimum absolute atomic E-state index is 0.0565. The number of hydrogen-bond donors (Lipinski definition) is 1. The Morgan fingerprint density at radius 3 is 2.21 bits per heavy atom. The lowest BCUT2D eigenvalue weighted by molar-refractivity contribution is -0.119. The summed E-state index contributed by atoms with van der Waals surface area (Å²) in [6, 6.07) is 17.5. The van der Waals surface area contributed by atoms with Gasteiger partial charge in [-0.1, -0.05) is 11.6 Å². The van der Waals surface area contributed by atoms with Crippen molar-refractivity contribution >= 4 is 52.4 Å². The van der Waals surface area contributed by atoms with Gasteiger partial charge in [-0.25, -0.2) is 9.69 Å². The number of carbonyl (C=O) groups is 4. The number of anilines is 3. The number of nitrogens with zero attached hydrogens (tertiary/aromatic N) is 2. The number of amides is 3. The molecule has 9 heteroatoms. The Labute approximate surface area is 200 Å². The highest BCUT2D eigenvalue weighted by Gasteiger charge is 2.37. The van der Waals surface area contributed by atoms with Crippen molar-refractivity contribution in [3.63, 3.8) is 0 Å². The molecule has 0 unspecified atom stereocenters. The number of benzene rings is 3. The molecule has 172 valence electrons. The molecule has 0 saturated carbocycles. The zero-order chi connectivity index (χ0) is 24.4.